The third kappa shape index (κ3) is 6.37. The van der Waals surface area contributed by atoms with E-state index in [1.165, 1.54) is 0 Å². The number of para-hydroxylation sites is 1. The molecular formula is C20H25NO4. The van der Waals surface area contributed by atoms with Crippen molar-refractivity contribution in [3.05, 3.63) is 54.1 Å². The van der Waals surface area contributed by atoms with Crippen molar-refractivity contribution in [2.45, 2.75) is 20.3 Å². The van der Waals surface area contributed by atoms with E-state index >= 15 is 0 Å². The number of nitrogens with one attached hydrogen (secondary N) is 1. The molecular weight excluding hydrogens is 318 g/mol. The van der Waals surface area contributed by atoms with Crippen LogP contribution in [-0.4, -0.2) is 32.3 Å². The quantitative estimate of drug-likeness (QED) is 0.720. The van der Waals surface area contributed by atoms with Crippen LogP contribution in [0.2, 0.25) is 0 Å². The molecule has 0 bridgehead atoms. The highest BCUT2D eigenvalue weighted by molar-refractivity contribution is 5.77. The zero-order chi connectivity index (χ0) is 17.9. The highest BCUT2D eigenvalue weighted by Gasteiger charge is 2.07. The number of hydrogen-bond donors (Lipinski definition) is 1. The molecule has 0 aromatic heterocycles. The second-order valence-corrected chi connectivity index (χ2v) is 5.35. The molecule has 0 atom stereocenters. The van der Waals surface area contributed by atoms with Gasteiger partial charge in [-0.1, -0.05) is 24.3 Å². The van der Waals surface area contributed by atoms with Crippen molar-refractivity contribution in [2.75, 3.05) is 26.4 Å². The first-order valence-electron chi connectivity index (χ1n) is 8.56. The Balaban J connectivity index is 1.78. The minimum absolute atomic E-state index is 0.0114. The highest BCUT2D eigenvalue weighted by Crippen LogP contribution is 2.28. The normalized spacial score (nSPS) is 10.2. The van der Waals surface area contributed by atoms with E-state index < -0.39 is 0 Å². The van der Waals surface area contributed by atoms with Crippen LogP contribution in [0.15, 0.2) is 48.5 Å². The van der Waals surface area contributed by atoms with Crippen LogP contribution in [0, 0.1) is 0 Å². The van der Waals surface area contributed by atoms with Crippen molar-refractivity contribution in [2.24, 2.45) is 0 Å². The second-order valence-electron chi connectivity index (χ2n) is 5.35. The summed E-state index contributed by atoms with van der Waals surface area (Å²) in [6.45, 7) is 5.61. The van der Waals surface area contributed by atoms with Crippen LogP contribution in [0.25, 0.3) is 0 Å². The third-order valence-corrected chi connectivity index (χ3v) is 3.46. The second kappa shape index (κ2) is 10.2. The van der Waals surface area contributed by atoms with E-state index in [0.717, 1.165) is 17.1 Å². The minimum atomic E-state index is -0.139. The molecule has 0 aliphatic carbocycles. The standard InChI is InChI=1S/C20H25NO4/c1-3-23-18-11-10-16(14-19(18)24-4-2)12-13-21-20(22)15-25-17-8-6-5-7-9-17/h5-11,14H,3-4,12-13,15H2,1-2H3,(H,21,22). The Labute approximate surface area is 148 Å². The van der Waals surface area contributed by atoms with Gasteiger partial charge in [0.2, 0.25) is 0 Å². The molecule has 0 radical (unpaired) electrons. The third-order valence-electron chi connectivity index (χ3n) is 3.46. The SMILES string of the molecule is CCOc1ccc(CCNC(=O)COc2ccccc2)cc1OCC. The first-order valence-corrected chi connectivity index (χ1v) is 8.56. The first-order chi connectivity index (χ1) is 12.2. The molecule has 0 fully saturated rings. The number of hydrogen-bond acceptors (Lipinski definition) is 4. The molecule has 0 saturated carbocycles. The number of carbonyl (C=O) groups excluding carboxylic acids is 1. The van der Waals surface area contributed by atoms with E-state index in [1.54, 1.807) is 0 Å². The van der Waals surface area contributed by atoms with E-state index in [-0.39, 0.29) is 12.5 Å². The van der Waals surface area contributed by atoms with Crippen LogP contribution < -0.4 is 19.5 Å². The van der Waals surface area contributed by atoms with Gasteiger partial charge in [-0.2, -0.15) is 0 Å². The largest absolute Gasteiger partial charge is 0.490 e. The van der Waals surface area contributed by atoms with Crippen LogP contribution in [0.3, 0.4) is 0 Å². The van der Waals surface area contributed by atoms with Gasteiger partial charge < -0.3 is 19.5 Å². The maximum absolute atomic E-state index is 11.8. The molecule has 0 heterocycles. The molecule has 5 heteroatoms. The Morgan fingerprint density at radius 1 is 0.920 bits per heavy atom. The molecule has 5 nitrogen and oxygen atoms in total. The Kier molecular flexibility index (Phi) is 7.63. The highest BCUT2D eigenvalue weighted by atomic mass is 16.5. The molecule has 0 aliphatic rings. The molecule has 134 valence electrons. The molecule has 0 aliphatic heterocycles. The lowest BCUT2D eigenvalue weighted by Crippen LogP contribution is -2.30. The van der Waals surface area contributed by atoms with Gasteiger partial charge in [0, 0.05) is 6.54 Å². The fourth-order valence-corrected chi connectivity index (χ4v) is 2.31. The zero-order valence-electron chi connectivity index (χ0n) is 14.8. The summed E-state index contributed by atoms with van der Waals surface area (Å²) in [4.78, 5) is 11.8. The molecule has 2 aromatic rings. The van der Waals surface area contributed by atoms with Gasteiger partial charge in [0.1, 0.15) is 5.75 Å². The Hall–Kier alpha value is -2.69. The van der Waals surface area contributed by atoms with Gasteiger partial charge in [0.25, 0.3) is 5.91 Å². The van der Waals surface area contributed by atoms with E-state index in [0.29, 0.717) is 31.9 Å². The van der Waals surface area contributed by atoms with Gasteiger partial charge in [0.15, 0.2) is 18.1 Å². The molecule has 0 spiro atoms. The van der Waals surface area contributed by atoms with Gasteiger partial charge in [-0.05, 0) is 50.1 Å². The van der Waals surface area contributed by atoms with Crippen LogP contribution in [0.4, 0.5) is 0 Å². The number of carbonyl (C=O) groups is 1. The van der Waals surface area contributed by atoms with Gasteiger partial charge >= 0.3 is 0 Å². The summed E-state index contributed by atoms with van der Waals surface area (Å²) in [5.74, 6) is 2.03. The molecule has 1 N–H and O–H groups in total. The number of amides is 1. The van der Waals surface area contributed by atoms with Crippen LogP contribution in [-0.2, 0) is 11.2 Å². The summed E-state index contributed by atoms with van der Waals surface area (Å²) in [7, 11) is 0. The minimum Gasteiger partial charge on any atom is -0.490 e. The van der Waals surface area contributed by atoms with E-state index in [4.69, 9.17) is 14.2 Å². The number of benzene rings is 2. The fourth-order valence-electron chi connectivity index (χ4n) is 2.31. The molecule has 1 amide bonds. The lowest BCUT2D eigenvalue weighted by atomic mass is 10.1. The molecule has 2 rings (SSSR count). The van der Waals surface area contributed by atoms with Crippen molar-refractivity contribution < 1.29 is 19.0 Å². The van der Waals surface area contributed by atoms with Gasteiger partial charge in [-0.15, -0.1) is 0 Å². The van der Waals surface area contributed by atoms with Crippen LogP contribution in [0.1, 0.15) is 19.4 Å². The topological polar surface area (TPSA) is 56.8 Å². The summed E-state index contributed by atoms with van der Waals surface area (Å²) in [6, 6.07) is 15.1. The van der Waals surface area contributed by atoms with E-state index in [1.807, 2.05) is 62.4 Å². The van der Waals surface area contributed by atoms with E-state index in [9.17, 15) is 4.79 Å². The van der Waals surface area contributed by atoms with Crippen molar-refractivity contribution in [3.8, 4) is 17.2 Å². The number of rotatable bonds is 10. The van der Waals surface area contributed by atoms with Crippen molar-refractivity contribution in [1.82, 2.24) is 5.32 Å². The van der Waals surface area contributed by atoms with Gasteiger partial charge in [-0.3, -0.25) is 4.79 Å². The lowest BCUT2D eigenvalue weighted by Gasteiger charge is -2.12. The smallest absolute Gasteiger partial charge is 0.257 e. The predicted octanol–water partition coefficient (Wildman–Crippen LogP) is 3.22. The average Bonchev–Trinajstić information content (AvgIpc) is 2.63. The van der Waals surface area contributed by atoms with Crippen LogP contribution in [0.5, 0.6) is 17.2 Å². The number of ether oxygens (including phenoxy) is 3. The Morgan fingerprint density at radius 2 is 1.64 bits per heavy atom. The lowest BCUT2D eigenvalue weighted by molar-refractivity contribution is -0.123. The monoisotopic (exact) mass is 343 g/mol. The summed E-state index contributed by atoms with van der Waals surface area (Å²) < 4.78 is 16.6. The Morgan fingerprint density at radius 3 is 2.36 bits per heavy atom. The maximum Gasteiger partial charge on any atom is 0.257 e. The van der Waals surface area contributed by atoms with Crippen molar-refractivity contribution in [3.63, 3.8) is 0 Å². The summed E-state index contributed by atoms with van der Waals surface area (Å²) in [5, 5.41) is 2.86. The zero-order valence-corrected chi connectivity index (χ0v) is 14.8. The molecule has 0 saturated heterocycles. The maximum atomic E-state index is 11.8. The fraction of sp³-hybridized carbons (Fsp3) is 0.350. The molecule has 0 unspecified atom stereocenters. The summed E-state index contributed by atoms with van der Waals surface area (Å²) in [5.41, 5.74) is 1.08. The summed E-state index contributed by atoms with van der Waals surface area (Å²) in [6.07, 6.45) is 0.712. The first kappa shape index (κ1) is 18.6. The summed E-state index contributed by atoms with van der Waals surface area (Å²) >= 11 is 0. The van der Waals surface area contributed by atoms with Gasteiger partial charge in [-0.25, -0.2) is 0 Å². The van der Waals surface area contributed by atoms with E-state index in [2.05, 4.69) is 5.32 Å². The molecule has 25 heavy (non-hydrogen) atoms. The van der Waals surface area contributed by atoms with Crippen molar-refractivity contribution >= 4 is 5.91 Å². The Bertz CT molecular complexity index is 658. The van der Waals surface area contributed by atoms with Crippen LogP contribution >= 0.6 is 0 Å². The van der Waals surface area contributed by atoms with Gasteiger partial charge in [0.05, 0.1) is 13.2 Å². The predicted molar refractivity (Wildman–Crippen MR) is 97.4 cm³/mol. The average molecular weight is 343 g/mol. The van der Waals surface area contributed by atoms with Crippen molar-refractivity contribution in [1.29, 1.82) is 0 Å². The molecule has 2 aromatic carbocycles.